The minimum Gasteiger partial charge on any atom is -0.314 e. The normalized spacial score (nSPS) is 17.3. The number of halogens is 5. The summed E-state index contributed by atoms with van der Waals surface area (Å²) in [6.45, 7) is 7.38. The number of piperazine rings is 1. The van der Waals surface area contributed by atoms with Gasteiger partial charge < -0.3 is 5.32 Å². The molecule has 7 heteroatoms. The van der Waals surface area contributed by atoms with Gasteiger partial charge in [0.2, 0.25) is 0 Å². The van der Waals surface area contributed by atoms with Crippen molar-refractivity contribution < 1.29 is 13.2 Å². The van der Waals surface area contributed by atoms with Crippen LogP contribution >= 0.6 is 24.8 Å². The fourth-order valence-corrected chi connectivity index (χ4v) is 2.96. The van der Waals surface area contributed by atoms with Crippen molar-refractivity contribution >= 4 is 24.8 Å². The fourth-order valence-electron chi connectivity index (χ4n) is 2.96. The van der Waals surface area contributed by atoms with Gasteiger partial charge in [0.1, 0.15) is 0 Å². The Morgan fingerprint density at radius 3 is 2.17 bits per heavy atom. The average Bonchev–Trinajstić information content (AvgIpc) is 2.44. The molecule has 0 aromatic heterocycles. The highest BCUT2D eigenvalue weighted by Crippen LogP contribution is 2.38. The molecule has 23 heavy (non-hydrogen) atoms. The molecule has 1 aromatic rings. The Bertz CT molecular complexity index is 461. The van der Waals surface area contributed by atoms with Crippen LogP contribution in [0.5, 0.6) is 0 Å². The Hall–Kier alpha value is -0.490. The van der Waals surface area contributed by atoms with E-state index in [-0.39, 0.29) is 30.9 Å². The summed E-state index contributed by atoms with van der Waals surface area (Å²) in [5, 5.41) is 3.26. The van der Waals surface area contributed by atoms with Crippen molar-refractivity contribution in [1.82, 2.24) is 10.2 Å². The minimum absolute atomic E-state index is 0. The van der Waals surface area contributed by atoms with E-state index in [4.69, 9.17) is 0 Å². The van der Waals surface area contributed by atoms with Crippen LogP contribution in [0.4, 0.5) is 13.2 Å². The predicted octanol–water partition coefficient (Wildman–Crippen LogP) is 4.54. The Morgan fingerprint density at radius 1 is 1.09 bits per heavy atom. The van der Waals surface area contributed by atoms with Gasteiger partial charge in [-0.3, -0.25) is 4.90 Å². The molecule has 0 spiro atoms. The number of nitrogens with one attached hydrogen (secondary N) is 1. The highest BCUT2D eigenvalue weighted by molar-refractivity contribution is 5.85. The lowest BCUT2D eigenvalue weighted by Gasteiger charge is -2.37. The number of benzene rings is 1. The van der Waals surface area contributed by atoms with Crippen LogP contribution in [-0.2, 0) is 6.18 Å². The summed E-state index contributed by atoms with van der Waals surface area (Å²) in [4.78, 5) is 2.18. The summed E-state index contributed by atoms with van der Waals surface area (Å²) in [5.41, 5.74) is -0.0743. The third kappa shape index (κ3) is 6.14. The maximum atomic E-state index is 13.3. The van der Waals surface area contributed by atoms with Crippen LogP contribution in [0.3, 0.4) is 0 Å². The van der Waals surface area contributed by atoms with Crippen LogP contribution in [0.1, 0.15) is 37.4 Å². The molecule has 0 aliphatic carbocycles. The lowest BCUT2D eigenvalue weighted by molar-refractivity contribution is -0.138. The molecule has 0 unspecified atom stereocenters. The second-order valence-corrected chi connectivity index (χ2v) is 6.02. The monoisotopic (exact) mass is 372 g/mol. The average molecular weight is 373 g/mol. The van der Waals surface area contributed by atoms with E-state index in [1.165, 1.54) is 12.1 Å². The number of hydrogen-bond donors (Lipinski definition) is 1. The molecule has 0 saturated carbocycles. The van der Waals surface area contributed by atoms with E-state index in [0.29, 0.717) is 11.5 Å². The van der Waals surface area contributed by atoms with Crippen LogP contribution in [0.15, 0.2) is 24.3 Å². The summed E-state index contributed by atoms with van der Waals surface area (Å²) in [6, 6.07) is 5.85. The van der Waals surface area contributed by atoms with Gasteiger partial charge in [-0.25, -0.2) is 0 Å². The molecule has 0 radical (unpaired) electrons. The maximum absolute atomic E-state index is 13.3. The molecule has 1 aliphatic rings. The second kappa shape index (κ2) is 9.72. The first-order valence-electron chi connectivity index (χ1n) is 7.50. The number of alkyl halides is 3. The zero-order valence-electron chi connectivity index (χ0n) is 13.4. The third-order valence-corrected chi connectivity index (χ3v) is 3.91. The summed E-state index contributed by atoms with van der Waals surface area (Å²) in [7, 11) is 0. The van der Waals surface area contributed by atoms with Gasteiger partial charge in [0.05, 0.1) is 5.56 Å². The van der Waals surface area contributed by atoms with Crippen molar-refractivity contribution in [2.75, 3.05) is 26.2 Å². The summed E-state index contributed by atoms with van der Waals surface area (Å²) in [6.07, 6.45) is -3.55. The zero-order chi connectivity index (χ0) is 15.5. The maximum Gasteiger partial charge on any atom is 0.416 e. The first kappa shape index (κ1) is 22.5. The SMILES string of the molecule is CC(C)C[C@@H](c1ccccc1C(F)(F)F)N1CCNCC1.Cl.Cl. The molecule has 1 N–H and O–H groups in total. The van der Waals surface area contributed by atoms with Gasteiger partial charge in [0, 0.05) is 32.2 Å². The molecular weight excluding hydrogens is 348 g/mol. The van der Waals surface area contributed by atoms with Crippen LogP contribution < -0.4 is 5.32 Å². The first-order chi connectivity index (χ1) is 9.89. The van der Waals surface area contributed by atoms with Gasteiger partial charge in [0.25, 0.3) is 0 Å². The van der Waals surface area contributed by atoms with Crippen molar-refractivity contribution in [2.24, 2.45) is 5.92 Å². The minimum atomic E-state index is -4.29. The Kier molecular flexibility index (Phi) is 9.51. The second-order valence-electron chi connectivity index (χ2n) is 6.02. The molecule has 1 saturated heterocycles. The van der Waals surface area contributed by atoms with E-state index in [0.717, 1.165) is 32.6 Å². The highest BCUT2D eigenvalue weighted by atomic mass is 35.5. The Labute approximate surface area is 148 Å². The van der Waals surface area contributed by atoms with E-state index in [1.807, 2.05) is 0 Å². The van der Waals surface area contributed by atoms with E-state index >= 15 is 0 Å². The number of hydrogen-bond acceptors (Lipinski definition) is 2. The van der Waals surface area contributed by atoms with Crippen LogP contribution in [0, 0.1) is 5.92 Å². The van der Waals surface area contributed by atoms with Crippen molar-refractivity contribution in [2.45, 2.75) is 32.5 Å². The fraction of sp³-hybridized carbons (Fsp3) is 0.625. The van der Waals surface area contributed by atoms with Crippen LogP contribution in [0.2, 0.25) is 0 Å². The Morgan fingerprint density at radius 2 is 1.65 bits per heavy atom. The van der Waals surface area contributed by atoms with Gasteiger partial charge in [-0.05, 0) is 24.0 Å². The zero-order valence-corrected chi connectivity index (χ0v) is 15.0. The lowest BCUT2D eigenvalue weighted by atomic mass is 9.91. The molecule has 2 rings (SSSR count). The summed E-state index contributed by atoms with van der Waals surface area (Å²) < 4.78 is 39.8. The molecule has 2 nitrogen and oxygen atoms in total. The molecule has 1 aromatic carbocycles. The van der Waals surface area contributed by atoms with Gasteiger partial charge in [0.15, 0.2) is 0 Å². The third-order valence-electron chi connectivity index (χ3n) is 3.91. The van der Waals surface area contributed by atoms with Gasteiger partial charge in [-0.1, -0.05) is 32.0 Å². The van der Waals surface area contributed by atoms with E-state index in [9.17, 15) is 13.2 Å². The molecule has 0 amide bonds. The van der Waals surface area contributed by atoms with E-state index in [1.54, 1.807) is 12.1 Å². The van der Waals surface area contributed by atoms with Gasteiger partial charge in [-0.15, -0.1) is 24.8 Å². The molecule has 1 heterocycles. The molecule has 134 valence electrons. The van der Waals surface area contributed by atoms with Crippen LogP contribution in [-0.4, -0.2) is 31.1 Å². The highest BCUT2D eigenvalue weighted by Gasteiger charge is 2.36. The lowest BCUT2D eigenvalue weighted by Crippen LogP contribution is -2.45. The molecule has 0 bridgehead atoms. The quantitative estimate of drug-likeness (QED) is 0.834. The summed E-state index contributed by atoms with van der Waals surface area (Å²) in [5.74, 6) is 0.353. The molecule has 1 fully saturated rings. The topological polar surface area (TPSA) is 15.3 Å². The van der Waals surface area contributed by atoms with Gasteiger partial charge >= 0.3 is 6.18 Å². The van der Waals surface area contributed by atoms with Crippen molar-refractivity contribution in [3.05, 3.63) is 35.4 Å². The smallest absolute Gasteiger partial charge is 0.314 e. The van der Waals surface area contributed by atoms with E-state index in [2.05, 4.69) is 24.1 Å². The van der Waals surface area contributed by atoms with Crippen molar-refractivity contribution in [3.63, 3.8) is 0 Å². The first-order valence-corrected chi connectivity index (χ1v) is 7.50. The van der Waals surface area contributed by atoms with Crippen LogP contribution in [0.25, 0.3) is 0 Å². The van der Waals surface area contributed by atoms with E-state index < -0.39 is 11.7 Å². The summed E-state index contributed by atoms with van der Waals surface area (Å²) >= 11 is 0. The number of rotatable bonds is 4. The largest absolute Gasteiger partial charge is 0.416 e. The van der Waals surface area contributed by atoms with Crippen molar-refractivity contribution in [1.29, 1.82) is 0 Å². The molecule has 1 aliphatic heterocycles. The molecule has 1 atom stereocenters. The Balaban J connectivity index is 0.00000242. The van der Waals surface area contributed by atoms with Gasteiger partial charge in [-0.2, -0.15) is 13.2 Å². The van der Waals surface area contributed by atoms with Crippen molar-refractivity contribution in [3.8, 4) is 0 Å². The molecular formula is C16H25Cl2F3N2. The standard InChI is InChI=1S/C16H23F3N2.2ClH/c1-12(2)11-15(21-9-7-20-8-10-21)13-5-3-4-6-14(13)16(17,18)19;;/h3-6,12,15,20H,7-11H2,1-2H3;2*1H/t15-;;/m0../s1. The predicted molar refractivity (Wildman–Crippen MR) is 92.6 cm³/mol. The number of nitrogens with zero attached hydrogens (tertiary/aromatic N) is 1.